The zero-order valence-electron chi connectivity index (χ0n) is 4.94. The zero-order chi connectivity index (χ0) is 8.65. The minimum Gasteiger partial charge on any atom is -0.389 e. The summed E-state index contributed by atoms with van der Waals surface area (Å²) in [7, 11) is 0. The van der Waals surface area contributed by atoms with Crippen LogP contribution in [0.1, 0.15) is 5.69 Å². The summed E-state index contributed by atoms with van der Waals surface area (Å²) in [6, 6.07) is 0. The lowest BCUT2D eigenvalue weighted by Gasteiger charge is -2.01. The molecule has 1 aromatic heterocycles. The summed E-state index contributed by atoms with van der Waals surface area (Å²) < 4.78 is 35.4. The molecule has 1 rings (SSSR count). The van der Waals surface area contributed by atoms with E-state index >= 15 is 0 Å². The molecule has 0 saturated carbocycles. The normalized spacial score (nSPS) is 12.0. The van der Waals surface area contributed by atoms with Crippen molar-refractivity contribution in [2.45, 2.75) is 6.18 Å². The Labute approximate surface area is 68.8 Å². The molecular weight excluding hydrogens is 201 g/mol. The summed E-state index contributed by atoms with van der Waals surface area (Å²) >= 11 is 5.81. The van der Waals surface area contributed by atoms with Gasteiger partial charge in [0.05, 0.1) is 0 Å². The molecule has 2 N–H and O–H groups in total. The van der Waals surface area contributed by atoms with Crippen LogP contribution in [-0.4, -0.2) is 4.98 Å². The van der Waals surface area contributed by atoms with Gasteiger partial charge in [-0.05, 0) is 0 Å². The second-order valence-electron chi connectivity index (χ2n) is 1.68. The van der Waals surface area contributed by atoms with E-state index in [0.717, 1.165) is 0 Å². The fraction of sp³-hybridized carbons (Fsp3) is 0.250. The van der Waals surface area contributed by atoms with Crippen LogP contribution >= 0.6 is 22.9 Å². The van der Waals surface area contributed by atoms with Crippen molar-refractivity contribution in [1.82, 2.24) is 4.98 Å². The van der Waals surface area contributed by atoms with Crippen molar-refractivity contribution < 1.29 is 13.2 Å². The largest absolute Gasteiger partial charge is 0.436 e. The number of nitrogens with two attached hydrogens (primary N) is 1. The maximum absolute atomic E-state index is 11.9. The third-order valence-electron chi connectivity index (χ3n) is 0.896. The van der Waals surface area contributed by atoms with Crippen LogP contribution in [0.4, 0.5) is 18.2 Å². The summed E-state index contributed by atoms with van der Waals surface area (Å²) in [4.78, 5) is 3.02. The second kappa shape index (κ2) is 2.53. The predicted molar refractivity (Wildman–Crippen MR) is 36.5 cm³/mol. The average Bonchev–Trinajstić information content (AvgIpc) is 2.08. The maximum atomic E-state index is 11.9. The topological polar surface area (TPSA) is 38.9 Å². The van der Waals surface area contributed by atoms with Crippen LogP contribution in [0.15, 0.2) is 0 Å². The number of thiazole rings is 1. The molecule has 0 spiro atoms. The Balaban J connectivity index is 3.13. The summed E-state index contributed by atoms with van der Waals surface area (Å²) in [5.74, 6) is 0. The van der Waals surface area contributed by atoms with E-state index in [1.54, 1.807) is 0 Å². The lowest BCUT2D eigenvalue weighted by atomic mass is 10.4. The highest BCUT2D eigenvalue weighted by atomic mass is 35.5. The Hall–Kier alpha value is -0.490. The van der Waals surface area contributed by atoms with Crippen LogP contribution in [0.25, 0.3) is 0 Å². The van der Waals surface area contributed by atoms with Crippen LogP contribution < -0.4 is 5.73 Å². The molecule has 1 aromatic rings. The lowest BCUT2D eigenvalue weighted by molar-refractivity contribution is -0.140. The smallest absolute Gasteiger partial charge is 0.389 e. The van der Waals surface area contributed by atoms with Gasteiger partial charge in [0, 0.05) is 0 Å². The van der Waals surface area contributed by atoms with Crippen molar-refractivity contribution in [2.75, 3.05) is 5.73 Å². The lowest BCUT2D eigenvalue weighted by Crippen LogP contribution is -2.07. The van der Waals surface area contributed by atoms with Crippen LogP contribution in [0.5, 0.6) is 0 Å². The molecule has 62 valence electrons. The van der Waals surface area contributed by atoms with Crippen molar-refractivity contribution in [2.24, 2.45) is 0 Å². The van der Waals surface area contributed by atoms with Crippen molar-refractivity contribution in [3.63, 3.8) is 0 Å². The Morgan fingerprint density at radius 3 is 2.18 bits per heavy atom. The molecule has 0 atom stereocenters. The predicted octanol–water partition coefficient (Wildman–Crippen LogP) is 2.40. The zero-order valence-corrected chi connectivity index (χ0v) is 6.52. The summed E-state index contributed by atoms with van der Waals surface area (Å²) in [6.07, 6.45) is -4.51. The number of nitrogens with zero attached hydrogens (tertiary/aromatic N) is 1. The van der Waals surface area contributed by atoms with Crippen LogP contribution in [-0.2, 0) is 6.18 Å². The van der Waals surface area contributed by atoms with E-state index in [4.69, 9.17) is 17.3 Å². The molecule has 0 radical (unpaired) electrons. The summed E-state index contributed by atoms with van der Waals surface area (Å²) in [5, 5.41) is -0.400. The summed E-state index contributed by atoms with van der Waals surface area (Å²) in [6.45, 7) is 0. The SMILES string of the molecule is Nc1sc(Cl)nc1C(F)(F)F. The minimum atomic E-state index is -4.51. The number of aromatic nitrogens is 1. The Kier molecular flexibility index (Phi) is 1.98. The van der Waals surface area contributed by atoms with Crippen molar-refractivity contribution in [3.8, 4) is 0 Å². The van der Waals surface area contributed by atoms with Crippen LogP contribution in [0.3, 0.4) is 0 Å². The third-order valence-corrected chi connectivity index (χ3v) is 1.88. The van der Waals surface area contributed by atoms with Gasteiger partial charge in [-0.3, -0.25) is 0 Å². The van der Waals surface area contributed by atoms with E-state index in [2.05, 4.69) is 4.98 Å². The van der Waals surface area contributed by atoms with Gasteiger partial charge < -0.3 is 5.73 Å². The molecule has 0 aliphatic carbocycles. The molecule has 7 heteroatoms. The molecule has 0 fully saturated rings. The van der Waals surface area contributed by atoms with Crippen molar-refractivity contribution in [1.29, 1.82) is 0 Å². The molecule has 0 saturated heterocycles. The highest BCUT2D eigenvalue weighted by Gasteiger charge is 2.36. The summed E-state index contributed by atoms with van der Waals surface area (Å²) in [5.41, 5.74) is 3.87. The van der Waals surface area contributed by atoms with Gasteiger partial charge in [-0.1, -0.05) is 22.9 Å². The molecular formula is C4H2ClF3N2S. The molecule has 0 amide bonds. The van der Waals surface area contributed by atoms with Gasteiger partial charge in [-0.15, -0.1) is 0 Å². The fourth-order valence-electron chi connectivity index (χ4n) is 0.508. The number of anilines is 1. The van der Waals surface area contributed by atoms with Crippen LogP contribution in [0, 0.1) is 0 Å². The van der Waals surface area contributed by atoms with E-state index in [9.17, 15) is 13.2 Å². The third kappa shape index (κ3) is 1.75. The minimum absolute atomic E-state index is 0.199. The van der Waals surface area contributed by atoms with Gasteiger partial charge in [0.25, 0.3) is 0 Å². The molecule has 0 unspecified atom stereocenters. The first kappa shape index (κ1) is 8.61. The van der Waals surface area contributed by atoms with E-state index < -0.39 is 16.9 Å². The Morgan fingerprint density at radius 1 is 1.45 bits per heavy atom. The number of nitrogen functional groups attached to an aromatic ring is 1. The first-order valence-corrected chi connectivity index (χ1v) is 3.59. The number of rotatable bonds is 0. The number of hydrogen-bond acceptors (Lipinski definition) is 3. The van der Waals surface area contributed by atoms with E-state index in [-0.39, 0.29) is 4.47 Å². The first-order chi connectivity index (χ1) is 4.91. The van der Waals surface area contributed by atoms with Gasteiger partial charge in [0.2, 0.25) is 0 Å². The molecule has 1 heterocycles. The maximum Gasteiger partial charge on any atom is 0.436 e. The first-order valence-electron chi connectivity index (χ1n) is 2.40. The average molecular weight is 203 g/mol. The number of alkyl halides is 3. The molecule has 11 heavy (non-hydrogen) atoms. The van der Waals surface area contributed by atoms with Gasteiger partial charge in [-0.2, -0.15) is 13.2 Å². The quantitative estimate of drug-likeness (QED) is 0.702. The molecule has 0 aromatic carbocycles. The molecule has 0 bridgehead atoms. The number of hydrogen-bond donors (Lipinski definition) is 1. The second-order valence-corrected chi connectivity index (χ2v) is 3.29. The van der Waals surface area contributed by atoms with Crippen molar-refractivity contribution in [3.05, 3.63) is 10.2 Å². The van der Waals surface area contributed by atoms with Crippen LogP contribution in [0.2, 0.25) is 4.47 Å². The van der Waals surface area contributed by atoms with E-state index in [1.807, 2.05) is 0 Å². The molecule has 0 aliphatic rings. The fourth-order valence-corrected chi connectivity index (χ4v) is 1.42. The van der Waals surface area contributed by atoms with Gasteiger partial charge >= 0.3 is 6.18 Å². The highest BCUT2D eigenvalue weighted by Crippen LogP contribution is 2.37. The molecule has 2 nitrogen and oxygen atoms in total. The van der Waals surface area contributed by atoms with Gasteiger partial charge in [-0.25, -0.2) is 4.98 Å². The standard InChI is InChI=1S/C4H2ClF3N2S/c5-3-10-1(2(9)11-3)4(6,7)8/h9H2. The highest BCUT2D eigenvalue weighted by molar-refractivity contribution is 7.19. The van der Waals surface area contributed by atoms with E-state index in [1.165, 1.54) is 0 Å². The van der Waals surface area contributed by atoms with E-state index in [0.29, 0.717) is 11.3 Å². The number of halogens is 4. The Bertz CT molecular complexity index is 269. The van der Waals surface area contributed by atoms with Gasteiger partial charge in [0.1, 0.15) is 5.00 Å². The monoisotopic (exact) mass is 202 g/mol. The molecule has 0 aliphatic heterocycles. The van der Waals surface area contributed by atoms with Gasteiger partial charge in [0.15, 0.2) is 10.2 Å². The van der Waals surface area contributed by atoms with Crippen molar-refractivity contribution >= 4 is 27.9 Å². The Morgan fingerprint density at radius 2 is 2.00 bits per heavy atom.